The normalized spacial score (nSPS) is 16.3. The number of fused-ring (bicyclic) bond motifs is 1. The van der Waals surface area contributed by atoms with Gasteiger partial charge in [0.15, 0.2) is 6.10 Å². The van der Waals surface area contributed by atoms with Crippen molar-refractivity contribution in [2.24, 2.45) is 0 Å². The molecular formula is C22H27ClN2O5S. The van der Waals surface area contributed by atoms with Crippen molar-refractivity contribution in [3.63, 3.8) is 0 Å². The van der Waals surface area contributed by atoms with Gasteiger partial charge in [-0.1, -0.05) is 50.6 Å². The predicted molar refractivity (Wildman–Crippen MR) is 122 cm³/mol. The van der Waals surface area contributed by atoms with Gasteiger partial charge in [0.25, 0.3) is 5.91 Å². The van der Waals surface area contributed by atoms with Gasteiger partial charge in [-0.05, 0) is 35.2 Å². The van der Waals surface area contributed by atoms with Crippen molar-refractivity contribution in [2.45, 2.75) is 32.3 Å². The molecule has 0 unspecified atom stereocenters. The van der Waals surface area contributed by atoms with Gasteiger partial charge < -0.3 is 14.8 Å². The summed E-state index contributed by atoms with van der Waals surface area (Å²) in [6.07, 6.45) is 0.154. The smallest absolute Gasteiger partial charge is 0.263 e. The summed E-state index contributed by atoms with van der Waals surface area (Å²) in [7, 11) is -3.60. The van der Waals surface area contributed by atoms with Crippen LogP contribution in [0.25, 0.3) is 0 Å². The highest BCUT2D eigenvalue weighted by molar-refractivity contribution is 7.92. The molecule has 1 N–H and O–H groups in total. The quantitative estimate of drug-likeness (QED) is 0.660. The number of halogens is 1. The van der Waals surface area contributed by atoms with E-state index in [9.17, 15) is 13.2 Å². The average Bonchev–Trinajstić information content (AvgIpc) is 2.69. The van der Waals surface area contributed by atoms with Crippen LogP contribution in [0.15, 0.2) is 42.5 Å². The van der Waals surface area contributed by atoms with Crippen molar-refractivity contribution in [3.8, 4) is 11.5 Å². The molecule has 2 aromatic carbocycles. The van der Waals surface area contributed by atoms with E-state index in [1.807, 2.05) is 32.9 Å². The van der Waals surface area contributed by atoms with Crippen LogP contribution in [-0.4, -0.2) is 46.4 Å². The summed E-state index contributed by atoms with van der Waals surface area (Å²) >= 11 is 6.04. The number of nitrogens with one attached hydrogen (secondary N) is 1. The Morgan fingerprint density at radius 1 is 1.26 bits per heavy atom. The monoisotopic (exact) mass is 466 g/mol. The number of benzene rings is 2. The summed E-state index contributed by atoms with van der Waals surface area (Å²) < 4.78 is 37.5. The second-order valence-electron chi connectivity index (χ2n) is 8.40. The van der Waals surface area contributed by atoms with Crippen LogP contribution >= 0.6 is 11.6 Å². The van der Waals surface area contributed by atoms with E-state index in [-0.39, 0.29) is 25.1 Å². The molecule has 0 spiro atoms. The summed E-state index contributed by atoms with van der Waals surface area (Å²) in [5.74, 6) is 0.471. The van der Waals surface area contributed by atoms with Gasteiger partial charge in [0, 0.05) is 0 Å². The molecular weight excluding hydrogens is 440 g/mol. The second kappa shape index (κ2) is 8.96. The lowest BCUT2D eigenvalue weighted by atomic mass is 9.86. The number of para-hydroxylation sites is 1. The Morgan fingerprint density at radius 2 is 1.97 bits per heavy atom. The molecule has 9 heteroatoms. The van der Waals surface area contributed by atoms with Crippen molar-refractivity contribution in [3.05, 3.63) is 53.1 Å². The number of hydrogen-bond acceptors (Lipinski definition) is 5. The summed E-state index contributed by atoms with van der Waals surface area (Å²) in [5.41, 5.74) is 1.26. The molecule has 0 bridgehead atoms. The summed E-state index contributed by atoms with van der Waals surface area (Å²) in [6.45, 7) is 6.47. The number of carbonyl (C=O) groups excluding carboxylic acids is 1. The minimum Gasteiger partial charge on any atom is -0.490 e. The van der Waals surface area contributed by atoms with E-state index in [1.54, 1.807) is 30.3 Å². The molecule has 1 amide bonds. The van der Waals surface area contributed by atoms with Crippen molar-refractivity contribution in [1.29, 1.82) is 0 Å². The molecule has 3 rings (SSSR count). The molecule has 2 aromatic rings. The summed E-state index contributed by atoms with van der Waals surface area (Å²) in [5, 5.41) is 3.21. The van der Waals surface area contributed by atoms with Gasteiger partial charge in [-0.25, -0.2) is 8.42 Å². The Labute approximate surface area is 188 Å². The molecule has 0 aliphatic carbocycles. The first-order chi connectivity index (χ1) is 14.5. The van der Waals surface area contributed by atoms with Crippen LogP contribution in [0.5, 0.6) is 11.5 Å². The lowest BCUT2D eigenvalue weighted by Crippen LogP contribution is -2.51. The first kappa shape index (κ1) is 23.2. The maximum absolute atomic E-state index is 12.6. The van der Waals surface area contributed by atoms with E-state index < -0.39 is 22.0 Å². The third-order valence-electron chi connectivity index (χ3n) is 4.88. The Kier molecular flexibility index (Phi) is 6.71. The van der Waals surface area contributed by atoms with Gasteiger partial charge in [0.05, 0.1) is 30.1 Å². The zero-order valence-electron chi connectivity index (χ0n) is 18.0. The predicted octanol–water partition coefficient (Wildman–Crippen LogP) is 3.36. The Balaban J connectivity index is 1.69. The summed E-state index contributed by atoms with van der Waals surface area (Å²) in [6, 6.07) is 12.5. The molecule has 0 radical (unpaired) electrons. The first-order valence-electron chi connectivity index (χ1n) is 9.91. The largest absolute Gasteiger partial charge is 0.490 e. The molecule has 1 atom stereocenters. The van der Waals surface area contributed by atoms with E-state index in [4.69, 9.17) is 21.1 Å². The molecule has 7 nitrogen and oxygen atoms in total. The molecule has 168 valence electrons. The number of carbonyl (C=O) groups is 1. The molecule has 1 heterocycles. The number of rotatable bonds is 6. The fourth-order valence-electron chi connectivity index (χ4n) is 3.18. The minimum absolute atomic E-state index is 0.101. The van der Waals surface area contributed by atoms with Crippen LogP contribution < -0.4 is 19.1 Å². The molecule has 0 saturated carbocycles. The molecule has 31 heavy (non-hydrogen) atoms. The van der Waals surface area contributed by atoms with Crippen molar-refractivity contribution < 1.29 is 22.7 Å². The van der Waals surface area contributed by atoms with Gasteiger partial charge in [0.2, 0.25) is 10.0 Å². The third kappa shape index (κ3) is 5.62. The van der Waals surface area contributed by atoms with E-state index in [0.29, 0.717) is 22.2 Å². The summed E-state index contributed by atoms with van der Waals surface area (Å²) in [4.78, 5) is 12.6. The van der Waals surface area contributed by atoms with Gasteiger partial charge >= 0.3 is 0 Å². The minimum atomic E-state index is -3.60. The lowest BCUT2D eigenvalue weighted by Gasteiger charge is -2.35. The Morgan fingerprint density at radius 3 is 2.61 bits per heavy atom. The maximum atomic E-state index is 12.6. The average molecular weight is 467 g/mol. The second-order valence-corrected chi connectivity index (χ2v) is 10.7. The highest BCUT2D eigenvalue weighted by atomic mass is 35.5. The third-order valence-corrected chi connectivity index (χ3v) is 6.34. The van der Waals surface area contributed by atoms with Gasteiger partial charge in [-0.2, -0.15) is 0 Å². The topological polar surface area (TPSA) is 84.9 Å². The zero-order chi connectivity index (χ0) is 22.8. The Hall–Kier alpha value is -2.45. The molecule has 0 aromatic heterocycles. The van der Waals surface area contributed by atoms with Crippen LogP contribution in [0.2, 0.25) is 5.02 Å². The molecule has 0 saturated heterocycles. The lowest BCUT2D eigenvalue weighted by molar-refractivity contribution is -0.127. The first-order valence-corrected chi connectivity index (χ1v) is 12.1. The van der Waals surface area contributed by atoms with E-state index in [0.717, 1.165) is 11.8 Å². The number of anilines is 1. The fraction of sp³-hybridized carbons (Fsp3) is 0.409. The van der Waals surface area contributed by atoms with Crippen LogP contribution in [0, 0.1) is 0 Å². The number of hydrogen-bond donors (Lipinski definition) is 1. The SMILES string of the molecule is CC(C)(C)c1ccc2c(c1)N(S(C)(=O)=O)C[C@@H](C(=O)NCCOc1ccccc1Cl)O2. The van der Waals surface area contributed by atoms with Crippen molar-refractivity contribution >= 4 is 33.2 Å². The Bertz CT molecular complexity index is 1070. The van der Waals surface area contributed by atoms with Crippen molar-refractivity contribution in [2.75, 3.05) is 30.3 Å². The van der Waals surface area contributed by atoms with E-state index in [1.165, 1.54) is 4.31 Å². The van der Waals surface area contributed by atoms with Crippen LogP contribution in [0.4, 0.5) is 5.69 Å². The maximum Gasteiger partial charge on any atom is 0.263 e. The van der Waals surface area contributed by atoms with Gasteiger partial charge in [-0.3, -0.25) is 9.10 Å². The van der Waals surface area contributed by atoms with Crippen molar-refractivity contribution in [1.82, 2.24) is 5.32 Å². The number of nitrogens with zero attached hydrogens (tertiary/aromatic N) is 1. The number of sulfonamides is 1. The van der Waals surface area contributed by atoms with E-state index in [2.05, 4.69) is 5.32 Å². The van der Waals surface area contributed by atoms with E-state index >= 15 is 0 Å². The van der Waals surface area contributed by atoms with Crippen LogP contribution in [-0.2, 0) is 20.2 Å². The van der Waals surface area contributed by atoms with Gasteiger partial charge in [-0.15, -0.1) is 0 Å². The van der Waals surface area contributed by atoms with Crippen LogP contribution in [0.3, 0.4) is 0 Å². The van der Waals surface area contributed by atoms with Crippen LogP contribution in [0.1, 0.15) is 26.3 Å². The molecule has 1 aliphatic rings. The molecule has 1 aliphatic heterocycles. The highest BCUT2D eigenvalue weighted by Crippen LogP contribution is 2.38. The zero-order valence-corrected chi connectivity index (χ0v) is 19.6. The number of amides is 1. The number of ether oxygens (including phenoxy) is 2. The standard InChI is InChI=1S/C22H27ClN2O5S/c1-22(2,3)15-9-10-19-17(13-15)25(31(4,27)28)14-20(30-19)21(26)24-11-12-29-18-8-6-5-7-16(18)23/h5-10,13,20H,11-12,14H2,1-4H3,(H,24,26)/t20-/m0/s1. The highest BCUT2D eigenvalue weighted by Gasteiger charge is 2.35. The fourth-order valence-corrected chi connectivity index (χ4v) is 4.28. The molecule has 0 fully saturated rings. The van der Waals surface area contributed by atoms with Gasteiger partial charge in [0.1, 0.15) is 18.1 Å².